The molecule has 0 aliphatic heterocycles. The Labute approximate surface area is 179 Å². The summed E-state index contributed by atoms with van der Waals surface area (Å²) in [6.07, 6.45) is 1.70. The largest absolute Gasteiger partial charge is 0.362 e. The maximum atomic E-state index is 4.83. The number of thiophene rings is 1. The molecule has 0 bridgehead atoms. The molecule has 0 amide bonds. The monoisotopic (exact) mass is 474 g/mol. The van der Waals surface area contributed by atoms with Crippen LogP contribution < -0.4 is 5.32 Å². The molecule has 0 fully saturated rings. The second kappa shape index (κ2) is 8.18. The second-order valence-electron chi connectivity index (χ2n) is 6.41. The van der Waals surface area contributed by atoms with Gasteiger partial charge in [0.2, 0.25) is 0 Å². The molecule has 0 aliphatic carbocycles. The molecule has 0 aliphatic rings. The van der Waals surface area contributed by atoms with Gasteiger partial charge in [0.05, 0.1) is 17.7 Å². The molecule has 3 heterocycles. The first-order valence-corrected chi connectivity index (χ1v) is 11.3. The lowest BCUT2D eigenvalue weighted by atomic mass is 10.2. The van der Waals surface area contributed by atoms with Gasteiger partial charge in [0.15, 0.2) is 5.82 Å². The van der Waals surface area contributed by atoms with Crippen molar-refractivity contribution in [2.75, 3.05) is 5.32 Å². The molecule has 6 nitrogen and oxygen atoms in total. The molecule has 0 saturated heterocycles. The van der Waals surface area contributed by atoms with E-state index in [0.717, 1.165) is 32.2 Å². The van der Waals surface area contributed by atoms with Crippen LogP contribution in [0.1, 0.15) is 22.1 Å². The molecule has 0 unspecified atom stereocenters. The lowest BCUT2D eigenvalue weighted by Crippen LogP contribution is -2.08. The van der Waals surface area contributed by atoms with Gasteiger partial charge in [0.1, 0.15) is 22.8 Å². The van der Waals surface area contributed by atoms with Crippen molar-refractivity contribution in [3.8, 4) is 0 Å². The maximum Gasteiger partial charge on any atom is 0.151 e. The summed E-state index contributed by atoms with van der Waals surface area (Å²) < 4.78 is 2.98. The lowest BCUT2D eigenvalue weighted by molar-refractivity contribution is 0.810. The average molecular weight is 475 g/mol. The Morgan fingerprint density at radius 3 is 2.68 bits per heavy atom. The van der Waals surface area contributed by atoms with E-state index in [4.69, 9.17) is 9.97 Å². The molecule has 1 N–H and O–H groups in total. The standard InChI is InChI=1S/C19H19BrN6S2/c1-11-12(2)28-19-17(11)18(21-8-16-25-22-10-26(16)3)23-15(24-19)9-27-14-6-4-13(20)5-7-14/h4-7,10H,8-9H2,1-3H3,(H,21,23,24). The number of anilines is 1. The molecular formula is C19H19BrN6S2. The Morgan fingerprint density at radius 1 is 1.18 bits per heavy atom. The first kappa shape index (κ1) is 19.4. The van der Waals surface area contributed by atoms with Gasteiger partial charge in [-0.15, -0.1) is 33.3 Å². The van der Waals surface area contributed by atoms with Crippen LogP contribution >= 0.6 is 39.0 Å². The van der Waals surface area contributed by atoms with Crippen molar-refractivity contribution in [3.05, 3.63) is 57.2 Å². The number of aromatic nitrogens is 5. The van der Waals surface area contributed by atoms with Crippen LogP contribution in [0.5, 0.6) is 0 Å². The van der Waals surface area contributed by atoms with Crippen molar-refractivity contribution >= 4 is 55.1 Å². The molecule has 1 aromatic carbocycles. The van der Waals surface area contributed by atoms with Gasteiger partial charge < -0.3 is 9.88 Å². The number of benzene rings is 1. The number of halogens is 1. The van der Waals surface area contributed by atoms with Crippen molar-refractivity contribution in [2.24, 2.45) is 7.05 Å². The minimum absolute atomic E-state index is 0.566. The fourth-order valence-corrected chi connectivity index (χ4v) is 4.86. The van der Waals surface area contributed by atoms with E-state index in [1.807, 2.05) is 23.7 Å². The number of hydrogen-bond acceptors (Lipinski definition) is 7. The molecule has 0 radical (unpaired) electrons. The minimum Gasteiger partial charge on any atom is -0.362 e. The minimum atomic E-state index is 0.566. The molecule has 4 aromatic rings. The second-order valence-corrected chi connectivity index (χ2v) is 9.57. The van der Waals surface area contributed by atoms with Crippen LogP contribution in [0.3, 0.4) is 0 Å². The SMILES string of the molecule is Cc1sc2nc(CSc3ccc(Br)cc3)nc(NCc3nncn3C)c2c1C. The molecule has 4 rings (SSSR count). The predicted octanol–water partition coefficient (Wildman–Crippen LogP) is 5.10. The summed E-state index contributed by atoms with van der Waals surface area (Å²) in [5.74, 6) is 3.26. The zero-order valence-corrected chi connectivity index (χ0v) is 19.0. The van der Waals surface area contributed by atoms with Crippen LogP contribution in [0.4, 0.5) is 5.82 Å². The van der Waals surface area contributed by atoms with Crippen molar-refractivity contribution in [2.45, 2.75) is 31.0 Å². The van der Waals surface area contributed by atoms with Crippen LogP contribution in [0, 0.1) is 13.8 Å². The van der Waals surface area contributed by atoms with Crippen LogP contribution in [-0.4, -0.2) is 24.7 Å². The summed E-state index contributed by atoms with van der Waals surface area (Å²) >= 11 is 6.92. The number of thioether (sulfide) groups is 1. The molecule has 9 heteroatoms. The molecule has 28 heavy (non-hydrogen) atoms. The van der Waals surface area contributed by atoms with E-state index in [0.29, 0.717) is 12.3 Å². The summed E-state index contributed by atoms with van der Waals surface area (Å²) in [6, 6.07) is 8.29. The van der Waals surface area contributed by atoms with Crippen molar-refractivity contribution in [3.63, 3.8) is 0 Å². The molecule has 0 spiro atoms. The topological polar surface area (TPSA) is 68.5 Å². The average Bonchev–Trinajstić information content (AvgIpc) is 3.22. The first-order chi connectivity index (χ1) is 13.5. The predicted molar refractivity (Wildman–Crippen MR) is 119 cm³/mol. The smallest absolute Gasteiger partial charge is 0.151 e. The highest BCUT2D eigenvalue weighted by Gasteiger charge is 2.15. The highest BCUT2D eigenvalue weighted by Crippen LogP contribution is 2.34. The lowest BCUT2D eigenvalue weighted by Gasteiger charge is -2.09. The third-order valence-corrected chi connectivity index (χ3v) is 7.11. The number of fused-ring (bicyclic) bond motifs is 1. The van der Waals surface area contributed by atoms with E-state index in [1.165, 1.54) is 15.3 Å². The molecule has 3 aromatic heterocycles. The highest BCUT2D eigenvalue weighted by molar-refractivity contribution is 9.10. The summed E-state index contributed by atoms with van der Waals surface area (Å²) in [6.45, 7) is 4.82. The van der Waals surface area contributed by atoms with Gasteiger partial charge in [-0.3, -0.25) is 0 Å². The van der Waals surface area contributed by atoms with Crippen LogP contribution in [-0.2, 0) is 19.3 Å². The van der Waals surface area contributed by atoms with E-state index >= 15 is 0 Å². The Hall–Kier alpha value is -1.97. The maximum absolute atomic E-state index is 4.83. The van der Waals surface area contributed by atoms with E-state index in [-0.39, 0.29) is 0 Å². The molecular weight excluding hydrogens is 456 g/mol. The first-order valence-electron chi connectivity index (χ1n) is 8.73. The van der Waals surface area contributed by atoms with E-state index in [9.17, 15) is 0 Å². The normalized spacial score (nSPS) is 11.3. The van der Waals surface area contributed by atoms with Gasteiger partial charge in [-0.1, -0.05) is 15.9 Å². The third kappa shape index (κ3) is 4.06. The number of hydrogen-bond donors (Lipinski definition) is 1. The van der Waals surface area contributed by atoms with E-state index < -0.39 is 0 Å². The highest BCUT2D eigenvalue weighted by atomic mass is 79.9. The quantitative estimate of drug-likeness (QED) is 0.391. The van der Waals surface area contributed by atoms with Crippen LogP contribution in [0.15, 0.2) is 40.0 Å². The fraction of sp³-hybridized carbons (Fsp3) is 0.263. The number of nitrogens with one attached hydrogen (secondary N) is 1. The van der Waals surface area contributed by atoms with E-state index in [2.05, 4.69) is 57.4 Å². The number of rotatable bonds is 6. The van der Waals surface area contributed by atoms with E-state index in [1.54, 1.807) is 29.4 Å². The van der Waals surface area contributed by atoms with Crippen LogP contribution in [0.25, 0.3) is 10.2 Å². The van der Waals surface area contributed by atoms with Crippen LogP contribution in [0.2, 0.25) is 0 Å². The van der Waals surface area contributed by atoms with Gasteiger partial charge >= 0.3 is 0 Å². The fourth-order valence-electron chi connectivity index (χ4n) is 2.79. The summed E-state index contributed by atoms with van der Waals surface area (Å²) in [5.41, 5.74) is 1.23. The molecule has 0 saturated carbocycles. The molecule has 144 valence electrons. The zero-order valence-electron chi connectivity index (χ0n) is 15.7. The Morgan fingerprint density at radius 2 is 1.96 bits per heavy atom. The van der Waals surface area contributed by atoms with Gasteiger partial charge in [-0.05, 0) is 43.7 Å². The summed E-state index contributed by atoms with van der Waals surface area (Å²) in [7, 11) is 1.94. The third-order valence-electron chi connectivity index (χ3n) is 4.48. The van der Waals surface area contributed by atoms with Crippen molar-refractivity contribution < 1.29 is 0 Å². The Bertz CT molecular complexity index is 1120. The number of nitrogens with zero attached hydrogens (tertiary/aromatic N) is 5. The van der Waals surface area contributed by atoms with Gasteiger partial charge in [-0.2, -0.15) is 0 Å². The van der Waals surface area contributed by atoms with Gasteiger partial charge in [0, 0.05) is 21.3 Å². The van der Waals surface area contributed by atoms with Gasteiger partial charge in [-0.25, -0.2) is 9.97 Å². The zero-order chi connectivity index (χ0) is 19.7. The Balaban J connectivity index is 1.62. The number of aryl methyl sites for hydroxylation is 3. The summed E-state index contributed by atoms with van der Waals surface area (Å²) in [5, 5.41) is 12.6. The van der Waals surface area contributed by atoms with Crippen molar-refractivity contribution in [1.29, 1.82) is 0 Å². The Kier molecular flexibility index (Phi) is 5.65. The van der Waals surface area contributed by atoms with Crippen molar-refractivity contribution in [1.82, 2.24) is 24.7 Å². The molecule has 0 atom stereocenters. The summed E-state index contributed by atoms with van der Waals surface area (Å²) in [4.78, 5) is 13.1. The van der Waals surface area contributed by atoms with Gasteiger partial charge in [0.25, 0.3) is 0 Å².